The first kappa shape index (κ1) is 17.9. The van der Waals surface area contributed by atoms with Gasteiger partial charge in [-0.2, -0.15) is 0 Å². The molecule has 120 valence electrons. The molecule has 1 aromatic rings. The summed E-state index contributed by atoms with van der Waals surface area (Å²) < 4.78 is 10.8. The number of benzene rings is 1. The molecule has 0 aliphatic rings. The zero-order valence-electron chi connectivity index (χ0n) is 13.5. The third-order valence-corrected chi connectivity index (χ3v) is 3.28. The van der Waals surface area contributed by atoms with Gasteiger partial charge in [-0.15, -0.1) is 0 Å². The predicted octanol–water partition coefficient (Wildman–Crippen LogP) is -1.33. The van der Waals surface area contributed by atoms with Gasteiger partial charge in [-0.3, -0.25) is 0 Å². The maximum atomic E-state index is 9.87. The zero-order valence-corrected chi connectivity index (χ0v) is 13.5. The van der Waals surface area contributed by atoms with Crippen molar-refractivity contribution in [1.29, 1.82) is 0 Å². The van der Waals surface area contributed by atoms with Gasteiger partial charge in [0.1, 0.15) is 18.4 Å². The summed E-state index contributed by atoms with van der Waals surface area (Å²) in [6.45, 7) is 3.72. The Morgan fingerprint density at radius 3 is 2.76 bits per heavy atom. The van der Waals surface area contributed by atoms with E-state index in [1.54, 1.807) is 7.11 Å². The highest BCUT2D eigenvalue weighted by Gasteiger charge is 2.08. The molecule has 0 aromatic heterocycles. The highest BCUT2D eigenvalue weighted by atomic mass is 16.5. The van der Waals surface area contributed by atoms with E-state index in [-0.39, 0.29) is 0 Å². The first-order chi connectivity index (χ1) is 10.1. The van der Waals surface area contributed by atoms with E-state index in [4.69, 9.17) is 9.47 Å². The number of hydrogen-bond donors (Lipinski definition) is 3. The van der Waals surface area contributed by atoms with Crippen molar-refractivity contribution in [1.82, 2.24) is 0 Å². The van der Waals surface area contributed by atoms with Gasteiger partial charge < -0.3 is 24.8 Å². The van der Waals surface area contributed by atoms with Crippen LogP contribution in [0.1, 0.15) is 12.0 Å². The number of nitrogens with one attached hydrogen (secondary N) is 1. The Balaban J connectivity index is 2.11. The van der Waals surface area contributed by atoms with Crippen LogP contribution in [-0.2, 0) is 11.3 Å². The van der Waals surface area contributed by atoms with Crippen molar-refractivity contribution in [3.8, 4) is 5.75 Å². The van der Waals surface area contributed by atoms with Crippen LogP contribution in [0, 0.1) is 0 Å². The number of ether oxygens (including phenoxy) is 2. The Bertz CT molecular complexity index is 386. The molecule has 0 spiro atoms. The molecule has 1 rings (SSSR count). The van der Waals surface area contributed by atoms with Gasteiger partial charge in [0.05, 0.1) is 47.5 Å². The molecule has 0 fully saturated rings. The minimum Gasteiger partial charge on any atom is -0.496 e. The van der Waals surface area contributed by atoms with E-state index in [1.807, 2.05) is 24.3 Å². The summed E-state index contributed by atoms with van der Waals surface area (Å²) in [4.78, 5) is 1.46. The van der Waals surface area contributed by atoms with Gasteiger partial charge in [0.15, 0.2) is 0 Å². The number of quaternary nitrogens is 2. The van der Waals surface area contributed by atoms with Crippen LogP contribution in [0.25, 0.3) is 0 Å². The summed E-state index contributed by atoms with van der Waals surface area (Å²) >= 11 is 0. The molecular formula is C16H30N2O3+2. The number of aliphatic hydroxyl groups is 1. The van der Waals surface area contributed by atoms with Crippen molar-refractivity contribution in [3.63, 3.8) is 0 Å². The first-order valence-electron chi connectivity index (χ1n) is 7.62. The molecule has 21 heavy (non-hydrogen) atoms. The van der Waals surface area contributed by atoms with Gasteiger partial charge >= 0.3 is 0 Å². The fraction of sp³-hybridized carbons (Fsp3) is 0.625. The molecule has 0 amide bonds. The van der Waals surface area contributed by atoms with Gasteiger partial charge in [-0.05, 0) is 6.07 Å². The number of hydrogen-bond acceptors (Lipinski definition) is 3. The molecule has 0 heterocycles. The maximum Gasteiger partial charge on any atom is 0.126 e. The van der Waals surface area contributed by atoms with Crippen LogP contribution in [0.4, 0.5) is 0 Å². The fourth-order valence-corrected chi connectivity index (χ4v) is 2.11. The third kappa shape index (κ3) is 8.02. The third-order valence-electron chi connectivity index (χ3n) is 3.28. The van der Waals surface area contributed by atoms with Crippen molar-refractivity contribution in [2.75, 3.05) is 47.4 Å². The van der Waals surface area contributed by atoms with E-state index in [1.165, 1.54) is 4.90 Å². The minimum absolute atomic E-state index is 0.355. The average Bonchev–Trinajstić information content (AvgIpc) is 2.47. The normalized spacial score (nSPS) is 12.6. The highest BCUT2D eigenvalue weighted by Crippen LogP contribution is 2.17. The monoisotopic (exact) mass is 298 g/mol. The SMILES string of the molecule is COc1ccccc1COC[C@@H](O)C[NH2+]CCC[NH+](C)C. The summed E-state index contributed by atoms with van der Waals surface area (Å²) in [6.07, 6.45) is 0.739. The molecule has 1 aromatic carbocycles. The Hall–Kier alpha value is -1.14. The highest BCUT2D eigenvalue weighted by molar-refractivity contribution is 5.32. The van der Waals surface area contributed by atoms with Crippen molar-refractivity contribution >= 4 is 0 Å². The van der Waals surface area contributed by atoms with Crippen LogP contribution in [0.15, 0.2) is 24.3 Å². The van der Waals surface area contributed by atoms with Gasteiger partial charge in [0, 0.05) is 12.0 Å². The number of para-hydroxylation sites is 1. The summed E-state index contributed by atoms with van der Waals surface area (Å²) in [5.41, 5.74) is 1.00. The summed E-state index contributed by atoms with van der Waals surface area (Å²) in [5, 5.41) is 12.0. The second-order valence-corrected chi connectivity index (χ2v) is 5.60. The van der Waals surface area contributed by atoms with Crippen LogP contribution in [-0.4, -0.2) is 58.7 Å². The standard InChI is InChI=1S/C16H28N2O3/c1-18(2)10-6-9-17-11-15(19)13-21-12-14-7-4-5-8-16(14)20-3/h4-5,7-8,15,17,19H,6,9-13H2,1-3H3/p+2/t15-/m0/s1. The smallest absolute Gasteiger partial charge is 0.126 e. The molecule has 0 aliphatic heterocycles. The molecule has 4 N–H and O–H groups in total. The van der Waals surface area contributed by atoms with Gasteiger partial charge in [0.2, 0.25) is 0 Å². The fourth-order valence-electron chi connectivity index (χ4n) is 2.11. The Kier molecular flexibility index (Phi) is 9.01. The second-order valence-electron chi connectivity index (χ2n) is 5.60. The predicted molar refractivity (Wildman–Crippen MR) is 82.6 cm³/mol. The van der Waals surface area contributed by atoms with Crippen molar-refractivity contribution in [3.05, 3.63) is 29.8 Å². The molecule has 5 nitrogen and oxygen atoms in total. The van der Waals surface area contributed by atoms with Gasteiger partial charge in [-0.25, -0.2) is 0 Å². The Labute approximate surface area is 127 Å². The quantitative estimate of drug-likeness (QED) is 0.444. The number of methoxy groups -OCH3 is 1. The average molecular weight is 298 g/mol. The lowest BCUT2D eigenvalue weighted by atomic mass is 10.2. The van der Waals surface area contributed by atoms with Crippen molar-refractivity contribution in [2.24, 2.45) is 0 Å². The second kappa shape index (κ2) is 10.6. The molecule has 0 bridgehead atoms. The number of aliphatic hydroxyl groups excluding tert-OH is 1. The van der Waals surface area contributed by atoms with Crippen LogP contribution in [0.2, 0.25) is 0 Å². The van der Waals surface area contributed by atoms with E-state index in [0.717, 1.165) is 30.8 Å². The Morgan fingerprint density at radius 2 is 2.05 bits per heavy atom. The molecule has 0 saturated heterocycles. The summed E-state index contributed by atoms with van der Waals surface area (Å²) in [6, 6.07) is 7.77. The molecule has 5 heteroatoms. The Morgan fingerprint density at radius 1 is 1.29 bits per heavy atom. The number of nitrogens with two attached hydrogens (primary N) is 1. The van der Waals surface area contributed by atoms with Crippen LogP contribution in [0.5, 0.6) is 5.75 Å². The van der Waals surface area contributed by atoms with E-state index in [0.29, 0.717) is 19.8 Å². The van der Waals surface area contributed by atoms with Gasteiger partial charge in [0.25, 0.3) is 0 Å². The largest absolute Gasteiger partial charge is 0.496 e. The lowest BCUT2D eigenvalue weighted by molar-refractivity contribution is -0.860. The van der Waals surface area contributed by atoms with Crippen LogP contribution in [0.3, 0.4) is 0 Å². The minimum atomic E-state index is -0.425. The van der Waals surface area contributed by atoms with Crippen molar-refractivity contribution in [2.45, 2.75) is 19.1 Å². The van der Waals surface area contributed by atoms with E-state index < -0.39 is 6.10 Å². The summed E-state index contributed by atoms with van der Waals surface area (Å²) in [7, 11) is 5.96. The van der Waals surface area contributed by atoms with E-state index in [9.17, 15) is 5.11 Å². The first-order valence-corrected chi connectivity index (χ1v) is 7.62. The molecule has 0 aliphatic carbocycles. The molecule has 1 atom stereocenters. The topological polar surface area (TPSA) is 59.7 Å². The lowest BCUT2D eigenvalue weighted by Crippen LogP contribution is -3.06. The van der Waals surface area contributed by atoms with E-state index >= 15 is 0 Å². The van der Waals surface area contributed by atoms with E-state index in [2.05, 4.69) is 19.4 Å². The number of rotatable bonds is 11. The molecular weight excluding hydrogens is 268 g/mol. The molecule has 0 unspecified atom stereocenters. The lowest BCUT2D eigenvalue weighted by Gasteiger charge is -2.12. The van der Waals surface area contributed by atoms with Crippen LogP contribution < -0.4 is 15.0 Å². The van der Waals surface area contributed by atoms with Crippen molar-refractivity contribution < 1.29 is 24.8 Å². The molecule has 0 radical (unpaired) electrons. The molecule has 0 saturated carbocycles. The van der Waals surface area contributed by atoms with Gasteiger partial charge in [-0.1, -0.05) is 18.2 Å². The summed E-state index contributed by atoms with van der Waals surface area (Å²) in [5.74, 6) is 0.824. The maximum absolute atomic E-state index is 9.87. The van der Waals surface area contributed by atoms with Crippen LogP contribution >= 0.6 is 0 Å². The zero-order chi connectivity index (χ0) is 15.5.